The number of halogens is 1. The van der Waals surface area contributed by atoms with Gasteiger partial charge in [-0.15, -0.1) is 0 Å². The summed E-state index contributed by atoms with van der Waals surface area (Å²) in [4.78, 5) is 14.2. The van der Waals surface area contributed by atoms with Gasteiger partial charge in [0.2, 0.25) is 0 Å². The number of nitrogens with zero attached hydrogens (tertiary/aromatic N) is 1. The fraction of sp³-hybridized carbons (Fsp3) is 0.533. The molecule has 1 aliphatic heterocycles. The second-order valence-corrected chi connectivity index (χ2v) is 6.17. The molecule has 3 nitrogen and oxygen atoms in total. The van der Waals surface area contributed by atoms with Gasteiger partial charge in [0.25, 0.3) is 5.91 Å². The number of amides is 1. The molecule has 0 bridgehead atoms. The predicted molar refractivity (Wildman–Crippen MR) is 79.4 cm³/mol. The molecule has 1 heterocycles. The van der Waals surface area contributed by atoms with Crippen LogP contribution in [0.1, 0.15) is 28.8 Å². The maximum Gasteiger partial charge on any atom is 0.253 e. The standard InChI is InChI=1S/C15H20BrNO2/c1-11-7-13(9-14(16)8-11)15(18)17(2)10-12-3-5-19-6-4-12/h7-9,12H,3-6,10H2,1-2H3. The lowest BCUT2D eigenvalue weighted by atomic mass is 9.99. The zero-order valence-corrected chi connectivity index (χ0v) is 13.1. The van der Waals surface area contributed by atoms with E-state index < -0.39 is 0 Å². The summed E-state index contributed by atoms with van der Waals surface area (Å²) in [6, 6.07) is 5.83. The quantitative estimate of drug-likeness (QED) is 0.853. The molecule has 2 rings (SSSR count). The summed E-state index contributed by atoms with van der Waals surface area (Å²) in [5, 5.41) is 0. The van der Waals surface area contributed by atoms with Crippen LogP contribution in [0, 0.1) is 12.8 Å². The number of benzene rings is 1. The zero-order chi connectivity index (χ0) is 13.8. The van der Waals surface area contributed by atoms with Crippen LogP contribution in [0.5, 0.6) is 0 Å². The SMILES string of the molecule is Cc1cc(Br)cc(C(=O)N(C)CC2CCOCC2)c1. The average molecular weight is 326 g/mol. The van der Waals surface area contributed by atoms with Gasteiger partial charge in [0.05, 0.1) is 0 Å². The third-order valence-corrected chi connectivity index (χ3v) is 3.97. The fourth-order valence-electron chi connectivity index (χ4n) is 2.48. The topological polar surface area (TPSA) is 29.5 Å². The number of rotatable bonds is 3. The normalized spacial score (nSPS) is 16.4. The van der Waals surface area contributed by atoms with Crippen LogP contribution in [0.25, 0.3) is 0 Å². The van der Waals surface area contributed by atoms with Crippen LogP contribution >= 0.6 is 15.9 Å². The fourth-order valence-corrected chi connectivity index (χ4v) is 3.09. The molecule has 1 aromatic rings. The first-order chi connectivity index (χ1) is 9.06. The summed E-state index contributed by atoms with van der Waals surface area (Å²) < 4.78 is 6.30. The monoisotopic (exact) mass is 325 g/mol. The Morgan fingerprint density at radius 2 is 2.05 bits per heavy atom. The molecule has 0 N–H and O–H groups in total. The van der Waals surface area contributed by atoms with Crippen LogP contribution in [0.2, 0.25) is 0 Å². The lowest BCUT2D eigenvalue weighted by molar-refractivity contribution is 0.0497. The Bertz CT molecular complexity index is 435. The van der Waals surface area contributed by atoms with E-state index >= 15 is 0 Å². The van der Waals surface area contributed by atoms with Crippen LogP contribution in [-0.2, 0) is 4.74 Å². The van der Waals surface area contributed by atoms with Gasteiger partial charge < -0.3 is 9.64 Å². The largest absolute Gasteiger partial charge is 0.381 e. The molecule has 1 amide bonds. The third-order valence-electron chi connectivity index (χ3n) is 3.51. The molecular formula is C15H20BrNO2. The summed E-state index contributed by atoms with van der Waals surface area (Å²) in [6.45, 7) is 4.46. The maximum absolute atomic E-state index is 12.4. The van der Waals surface area contributed by atoms with Crippen LogP contribution in [-0.4, -0.2) is 37.6 Å². The summed E-state index contributed by atoms with van der Waals surface area (Å²) >= 11 is 3.44. The first kappa shape index (κ1) is 14.5. The summed E-state index contributed by atoms with van der Waals surface area (Å²) in [7, 11) is 1.88. The van der Waals surface area contributed by atoms with Crippen molar-refractivity contribution in [2.45, 2.75) is 19.8 Å². The number of carbonyl (C=O) groups is 1. The van der Waals surface area contributed by atoms with Crippen molar-refractivity contribution in [3.05, 3.63) is 33.8 Å². The van der Waals surface area contributed by atoms with Gasteiger partial charge in [0.15, 0.2) is 0 Å². The molecule has 0 spiro atoms. The van der Waals surface area contributed by atoms with Crippen molar-refractivity contribution >= 4 is 21.8 Å². The van der Waals surface area contributed by atoms with Gasteiger partial charge in [-0.25, -0.2) is 0 Å². The Kier molecular flexibility index (Phi) is 4.99. The highest BCUT2D eigenvalue weighted by Crippen LogP contribution is 2.19. The highest BCUT2D eigenvalue weighted by Gasteiger charge is 2.19. The molecule has 1 fully saturated rings. The minimum atomic E-state index is 0.0934. The second-order valence-electron chi connectivity index (χ2n) is 5.26. The molecular weight excluding hydrogens is 306 g/mol. The van der Waals surface area contributed by atoms with Crippen molar-refractivity contribution < 1.29 is 9.53 Å². The van der Waals surface area contributed by atoms with E-state index in [9.17, 15) is 4.79 Å². The highest BCUT2D eigenvalue weighted by atomic mass is 79.9. The maximum atomic E-state index is 12.4. The Balaban J connectivity index is 2.01. The predicted octanol–water partition coefficient (Wildman–Crippen LogP) is 3.26. The van der Waals surface area contributed by atoms with Crippen molar-refractivity contribution in [1.29, 1.82) is 0 Å². The Labute approximate surface area is 123 Å². The van der Waals surface area contributed by atoms with Gasteiger partial charge in [-0.3, -0.25) is 4.79 Å². The molecule has 0 unspecified atom stereocenters. The van der Waals surface area contributed by atoms with Crippen molar-refractivity contribution in [3.8, 4) is 0 Å². The first-order valence-electron chi connectivity index (χ1n) is 6.66. The van der Waals surface area contributed by atoms with Crippen LogP contribution in [0.15, 0.2) is 22.7 Å². The van der Waals surface area contributed by atoms with E-state index in [0.717, 1.165) is 48.2 Å². The molecule has 1 aromatic carbocycles. The third kappa shape index (κ3) is 4.05. The van der Waals surface area contributed by atoms with Crippen molar-refractivity contribution in [3.63, 3.8) is 0 Å². The van der Waals surface area contributed by atoms with Crippen LogP contribution in [0.4, 0.5) is 0 Å². The molecule has 4 heteroatoms. The van der Waals surface area contributed by atoms with Gasteiger partial charge >= 0.3 is 0 Å². The van der Waals surface area contributed by atoms with Crippen molar-refractivity contribution in [2.24, 2.45) is 5.92 Å². The van der Waals surface area contributed by atoms with E-state index in [2.05, 4.69) is 15.9 Å². The van der Waals surface area contributed by atoms with E-state index in [-0.39, 0.29) is 5.91 Å². The minimum absolute atomic E-state index is 0.0934. The van der Waals surface area contributed by atoms with E-state index in [0.29, 0.717) is 5.92 Å². The van der Waals surface area contributed by atoms with Crippen molar-refractivity contribution in [1.82, 2.24) is 4.90 Å². The first-order valence-corrected chi connectivity index (χ1v) is 7.46. The van der Waals surface area contributed by atoms with E-state index in [4.69, 9.17) is 4.74 Å². The average Bonchev–Trinajstić information content (AvgIpc) is 2.37. The zero-order valence-electron chi connectivity index (χ0n) is 11.5. The molecule has 0 saturated carbocycles. The summed E-state index contributed by atoms with van der Waals surface area (Å²) in [5.74, 6) is 0.659. The van der Waals surface area contributed by atoms with E-state index in [1.54, 1.807) is 0 Å². The Morgan fingerprint density at radius 1 is 1.37 bits per heavy atom. The Hall–Kier alpha value is -0.870. The number of carbonyl (C=O) groups excluding carboxylic acids is 1. The Morgan fingerprint density at radius 3 is 2.68 bits per heavy atom. The lowest BCUT2D eigenvalue weighted by Crippen LogP contribution is -2.34. The molecule has 19 heavy (non-hydrogen) atoms. The summed E-state index contributed by atoms with van der Waals surface area (Å²) in [5.41, 5.74) is 1.85. The smallest absolute Gasteiger partial charge is 0.253 e. The van der Waals surface area contributed by atoms with Gasteiger partial charge in [0.1, 0.15) is 0 Å². The second kappa shape index (κ2) is 6.53. The molecule has 0 atom stereocenters. The lowest BCUT2D eigenvalue weighted by Gasteiger charge is -2.27. The van der Waals surface area contributed by atoms with Crippen LogP contribution < -0.4 is 0 Å². The molecule has 1 aliphatic rings. The molecule has 0 aliphatic carbocycles. The summed E-state index contributed by atoms with van der Waals surface area (Å²) in [6.07, 6.45) is 2.10. The minimum Gasteiger partial charge on any atom is -0.381 e. The number of hydrogen-bond acceptors (Lipinski definition) is 2. The molecule has 104 valence electrons. The number of aryl methyl sites for hydroxylation is 1. The molecule has 0 radical (unpaired) electrons. The van der Waals surface area contributed by atoms with Gasteiger partial charge in [-0.2, -0.15) is 0 Å². The highest BCUT2D eigenvalue weighted by molar-refractivity contribution is 9.10. The molecule has 1 saturated heterocycles. The van der Waals surface area contributed by atoms with Crippen LogP contribution in [0.3, 0.4) is 0 Å². The number of hydrogen-bond donors (Lipinski definition) is 0. The van der Waals surface area contributed by atoms with E-state index in [1.807, 2.05) is 37.1 Å². The van der Waals surface area contributed by atoms with Gasteiger partial charge in [-0.1, -0.05) is 15.9 Å². The van der Waals surface area contributed by atoms with Gasteiger partial charge in [0, 0.05) is 36.8 Å². The molecule has 0 aromatic heterocycles. The van der Waals surface area contributed by atoms with E-state index in [1.165, 1.54) is 0 Å². The van der Waals surface area contributed by atoms with Crippen molar-refractivity contribution in [2.75, 3.05) is 26.8 Å². The number of ether oxygens (including phenoxy) is 1. The van der Waals surface area contributed by atoms with Gasteiger partial charge in [-0.05, 0) is 49.4 Å².